The summed E-state index contributed by atoms with van der Waals surface area (Å²) in [6.45, 7) is 0.464. The number of rotatable bonds is 4. The van der Waals surface area contributed by atoms with Crippen LogP contribution in [0, 0.1) is 11.7 Å². The summed E-state index contributed by atoms with van der Waals surface area (Å²) in [5, 5.41) is 12.6. The number of amides is 1. The molecule has 21 heavy (non-hydrogen) atoms. The topological polar surface area (TPSA) is 49.3 Å². The van der Waals surface area contributed by atoms with Crippen molar-refractivity contribution in [2.75, 3.05) is 6.54 Å². The van der Waals surface area contributed by atoms with E-state index >= 15 is 0 Å². The molecule has 1 amide bonds. The Bertz CT molecular complexity index is 533. The van der Waals surface area contributed by atoms with Crippen LogP contribution in [0.15, 0.2) is 28.7 Å². The maximum Gasteiger partial charge on any atom is 0.244 e. The van der Waals surface area contributed by atoms with Gasteiger partial charge in [0.25, 0.3) is 0 Å². The minimum atomic E-state index is -0.370. The quantitative estimate of drug-likeness (QED) is 0.814. The zero-order valence-corrected chi connectivity index (χ0v) is 13.3. The molecule has 2 unspecified atom stereocenters. The van der Waals surface area contributed by atoms with Crippen molar-refractivity contribution in [3.8, 4) is 0 Å². The normalized spacial score (nSPS) is 22.4. The Labute approximate surface area is 132 Å². The molecule has 0 bridgehead atoms. The lowest BCUT2D eigenvalue weighted by Gasteiger charge is -2.27. The molecule has 1 aromatic rings. The molecule has 2 N–H and O–H groups in total. The molecule has 0 spiro atoms. The van der Waals surface area contributed by atoms with Crippen LogP contribution in [0.1, 0.15) is 31.2 Å². The largest absolute Gasteiger partial charge is 0.393 e. The zero-order chi connectivity index (χ0) is 15.2. The number of benzene rings is 1. The Morgan fingerprint density at radius 1 is 1.43 bits per heavy atom. The van der Waals surface area contributed by atoms with Crippen LogP contribution in [-0.4, -0.2) is 23.7 Å². The van der Waals surface area contributed by atoms with Gasteiger partial charge in [-0.3, -0.25) is 4.79 Å². The fourth-order valence-corrected chi connectivity index (χ4v) is 2.90. The molecule has 5 heteroatoms. The Morgan fingerprint density at radius 2 is 2.19 bits per heavy atom. The van der Waals surface area contributed by atoms with E-state index in [1.165, 1.54) is 18.2 Å². The summed E-state index contributed by atoms with van der Waals surface area (Å²) in [6, 6.07) is 4.57. The van der Waals surface area contributed by atoms with Gasteiger partial charge in [0.1, 0.15) is 5.82 Å². The smallest absolute Gasteiger partial charge is 0.244 e. The van der Waals surface area contributed by atoms with Gasteiger partial charge in [0.15, 0.2) is 0 Å². The second kappa shape index (κ2) is 7.71. The van der Waals surface area contributed by atoms with Crippen LogP contribution < -0.4 is 5.32 Å². The predicted octanol–water partition coefficient (Wildman–Crippen LogP) is 3.27. The monoisotopic (exact) mass is 355 g/mol. The van der Waals surface area contributed by atoms with Crippen molar-refractivity contribution in [3.63, 3.8) is 0 Å². The summed E-state index contributed by atoms with van der Waals surface area (Å²) >= 11 is 3.26. The number of nitrogens with one attached hydrogen (secondary N) is 1. The molecule has 1 aliphatic rings. The van der Waals surface area contributed by atoms with Crippen LogP contribution in [0.5, 0.6) is 0 Å². The summed E-state index contributed by atoms with van der Waals surface area (Å²) in [5.41, 5.74) is 0.359. The highest BCUT2D eigenvalue weighted by atomic mass is 79.9. The van der Waals surface area contributed by atoms with E-state index in [0.717, 1.165) is 30.2 Å². The van der Waals surface area contributed by atoms with E-state index in [1.54, 1.807) is 12.1 Å². The highest BCUT2D eigenvalue weighted by Crippen LogP contribution is 2.23. The maximum absolute atomic E-state index is 13.5. The molecule has 2 rings (SSSR count). The van der Waals surface area contributed by atoms with Crippen molar-refractivity contribution in [1.29, 1.82) is 0 Å². The van der Waals surface area contributed by atoms with Crippen molar-refractivity contribution >= 4 is 27.9 Å². The number of hydrogen-bond acceptors (Lipinski definition) is 2. The number of aliphatic hydroxyl groups excluding tert-OH is 1. The standard InChI is InChI=1S/C16H19BrFNO2/c17-13-6-7-14(18)11(9-13)5-8-16(21)19-10-12-3-1-2-4-15(12)20/h5-9,12,15,20H,1-4,10H2,(H,19,21). The first-order chi connectivity index (χ1) is 10.1. The van der Waals surface area contributed by atoms with Crippen LogP contribution in [0.3, 0.4) is 0 Å². The van der Waals surface area contributed by atoms with E-state index in [-0.39, 0.29) is 23.7 Å². The fourth-order valence-electron chi connectivity index (χ4n) is 2.52. The first kappa shape index (κ1) is 16.2. The number of carbonyl (C=O) groups excluding carboxylic acids is 1. The van der Waals surface area contributed by atoms with Crippen molar-refractivity contribution in [2.45, 2.75) is 31.8 Å². The molecule has 0 saturated heterocycles. The van der Waals surface area contributed by atoms with Crippen LogP contribution >= 0.6 is 15.9 Å². The SMILES string of the molecule is O=C(C=Cc1cc(Br)ccc1F)NCC1CCCCC1O. The second-order valence-corrected chi connectivity index (χ2v) is 6.27. The molecule has 0 aromatic heterocycles. The Morgan fingerprint density at radius 3 is 2.95 bits per heavy atom. The molecule has 3 nitrogen and oxygen atoms in total. The zero-order valence-electron chi connectivity index (χ0n) is 11.7. The summed E-state index contributed by atoms with van der Waals surface area (Å²) in [5.74, 6) is -0.518. The third-order valence-corrected chi connectivity index (χ3v) is 4.27. The number of aliphatic hydroxyl groups is 1. The van der Waals surface area contributed by atoms with E-state index < -0.39 is 0 Å². The first-order valence-electron chi connectivity index (χ1n) is 7.15. The minimum absolute atomic E-state index is 0.124. The van der Waals surface area contributed by atoms with Crippen LogP contribution in [-0.2, 0) is 4.79 Å². The van der Waals surface area contributed by atoms with Gasteiger partial charge in [0, 0.05) is 28.6 Å². The molecule has 1 fully saturated rings. The molecular weight excluding hydrogens is 337 g/mol. The molecule has 1 aliphatic carbocycles. The third-order valence-electron chi connectivity index (χ3n) is 3.78. The Hall–Kier alpha value is -1.20. The molecule has 1 saturated carbocycles. The highest BCUT2D eigenvalue weighted by Gasteiger charge is 2.22. The average Bonchev–Trinajstić information content (AvgIpc) is 2.47. The molecule has 1 aromatic carbocycles. The molecular formula is C16H19BrFNO2. The van der Waals surface area contributed by atoms with Gasteiger partial charge in [0.2, 0.25) is 5.91 Å². The molecule has 114 valence electrons. The molecule has 2 atom stereocenters. The highest BCUT2D eigenvalue weighted by molar-refractivity contribution is 9.10. The molecule has 0 aliphatic heterocycles. The van der Waals surface area contributed by atoms with Gasteiger partial charge in [-0.1, -0.05) is 28.8 Å². The van der Waals surface area contributed by atoms with E-state index in [0.29, 0.717) is 12.1 Å². The number of hydrogen-bond donors (Lipinski definition) is 2. The van der Waals surface area contributed by atoms with Gasteiger partial charge < -0.3 is 10.4 Å². The van der Waals surface area contributed by atoms with Crippen LogP contribution in [0.4, 0.5) is 4.39 Å². The van der Waals surface area contributed by atoms with E-state index in [9.17, 15) is 14.3 Å². The van der Waals surface area contributed by atoms with Gasteiger partial charge in [-0.2, -0.15) is 0 Å². The lowest BCUT2D eigenvalue weighted by molar-refractivity contribution is -0.116. The molecule has 0 heterocycles. The minimum Gasteiger partial charge on any atom is -0.393 e. The van der Waals surface area contributed by atoms with E-state index in [1.807, 2.05) is 0 Å². The van der Waals surface area contributed by atoms with Crippen molar-refractivity contribution < 1.29 is 14.3 Å². The van der Waals surface area contributed by atoms with Gasteiger partial charge in [0.05, 0.1) is 6.10 Å². The summed E-state index contributed by atoms with van der Waals surface area (Å²) in [4.78, 5) is 11.7. The summed E-state index contributed by atoms with van der Waals surface area (Å²) < 4.78 is 14.3. The maximum atomic E-state index is 13.5. The van der Waals surface area contributed by atoms with Crippen molar-refractivity contribution in [1.82, 2.24) is 5.32 Å². The fraction of sp³-hybridized carbons (Fsp3) is 0.438. The van der Waals surface area contributed by atoms with Crippen molar-refractivity contribution in [2.24, 2.45) is 5.92 Å². The third kappa shape index (κ3) is 4.93. The van der Waals surface area contributed by atoms with E-state index in [2.05, 4.69) is 21.2 Å². The Balaban J connectivity index is 1.86. The van der Waals surface area contributed by atoms with Gasteiger partial charge in [-0.05, 0) is 37.1 Å². The van der Waals surface area contributed by atoms with Gasteiger partial charge >= 0.3 is 0 Å². The predicted molar refractivity (Wildman–Crippen MR) is 84.1 cm³/mol. The number of carbonyl (C=O) groups is 1. The second-order valence-electron chi connectivity index (χ2n) is 5.36. The average molecular weight is 356 g/mol. The van der Waals surface area contributed by atoms with Gasteiger partial charge in [-0.15, -0.1) is 0 Å². The van der Waals surface area contributed by atoms with Crippen LogP contribution in [0.2, 0.25) is 0 Å². The van der Waals surface area contributed by atoms with Gasteiger partial charge in [-0.25, -0.2) is 4.39 Å². The summed E-state index contributed by atoms with van der Waals surface area (Å²) in [6.07, 6.45) is 6.33. The summed E-state index contributed by atoms with van der Waals surface area (Å²) in [7, 11) is 0. The van der Waals surface area contributed by atoms with Crippen LogP contribution in [0.25, 0.3) is 6.08 Å². The lowest BCUT2D eigenvalue weighted by atomic mass is 9.86. The number of halogens is 2. The molecule has 0 radical (unpaired) electrons. The van der Waals surface area contributed by atoms with Crippen molar-refractivity contribution in [3.05, 3.63) is 40.1 Å². The Kier molecular flexibility index (Phi) is 5.94. The van der Waals surface area contributed by atoms with E-state index in [4.69, 9.17) is 0 Å². The lowest BCUT2D eigenvalue weighted by Crippen LogP contribution is -2.36. The first-order valence-corrected chi connectivity index (χ1v) is 7.94.